The maximum Gasteiger partial charge on any atom is 0.326 e. The molecule has 1 aromatic carbocycles. The van der Waals surface area contributed by atoms with E-state index >= 15 is 0 Å². The van der Waals surface area contributed by atoms with E-state index in [4.69, 9.17) is 9.72 Å². The summed E-state index contributed by atoms with van der Waals surface area (Å²) >= 11 is 0. The number of anilines is 1. The lowest BCUT2D eigenvalue weighted by Crippen LogP contribution is -2.44. The molecule has 1 atom stereocenters. The van der Waals surface area contributed by atoms with Gasteiger partial charge in [-0.25, -0.2) is 9.78 Å². The van der Waals surface area contributed by atoms with E-state index in [9.17, 15) is 14.7 Å². The van der Waals surface area contributed by atoms with Crippen LogP contribution in [0.3, 0.4) is 0 Å². The fourth-order valence-electron chi connectivity index (χ4n) is 4.78. The van der Waals surface area contributed by atoms with Crippen LogP contribution in [0.25, 0.3) is 0 Å². The third kappa shape index (κ3) is 11.6. The molecule has 0 bridgehead atoms. The van der Waals surface area contributed by atoms with Crippen LogP contribution >= 0.6 is 0 Å². The van der Waals surface area contributed by atoms with Gasteiger partial charge in [-0.3, -0.25) is 4.79 Å². The zero-order valence-corrected chi connectivity index (χ0v) is 23.9. The predicted octanol–water partition coefficient (Wildman–Crippen LogP) is 4.93. The molecule has 2 aromatic rings. The molecule has 1 unspecified atom stereocenters. The van der Waals surface area contributed by atoms with Crippen molar-refractivity contribution in [2.75, 3.05) is 38.1 Å². The van der Waals surface area contributed by atoms with Gasteiger partial charge in [-0.05, 0) is 80.7 Å². The smallest absolute Gasteiger partial charge is 0.326 e. The number of nitrogens with one attached hydrogen (secondary N) is 2. The van der Waals surface area contributed by atoms with Crippen molar-refractivity contribution < 1.29 is 19.4 Å². The Morgan fingerprint density at radius 1 is 1.08 bits per heavy atom. The number of ether oxygens (including phenoxy) is 1. The molecule has 39 heavy (non-hydrogen) atoms. The maximum atomic E-state index is 12.4. The van der Waals surface area contributed by atoms with Crippen molar-refractivity contribution in [2.24, 2.45) is 5.41 Å². The highest BCUT2D eigenvalue weighted by Gasteiger charge is 2.24. The van der Waals surface area contributed by atoms with Crippen LogP contribution in [0.2, 0.25) is 0 Å². The van der Waals surface area contributed by atoms with Crippen molar-refractivity contribution >= 4 is 17.7 Å². The zero-order chi connectivity index (χ0) is 28.1. The first kappa shape index (κ1) is 30.4. The van der Waals surface area contributed by atoms with Crippen LogP contribution in [-0.2, 0) is 22.4 Å². The number of amides is 1. The number of carbonyl (C=O) groups excluding carboxylic acids is 1. The van der Waals surface area contributed by atoms with Crippen LogP contribution in [-0.4, -0.2) is 65.7 Å². The van der Waals surface area contributed by atoms with Gasteiger partial charge < -0.3 is 25.4 Å². The number of benzene rings is 1. The molecule has 1 amide bonds. The summed E-state index contributed by atoms with van der Waals surface area (Å²) in [6.45, 7) is 9.75. The van der Waals surface area contributed by atoms with Gasteiger partial charge in [0.05, 0.1) is 6.61 Å². The number of unbranched alkanes of at least 4 members (excludes halogenated alkanes) is 1. The number of aliphatic carboxylic acids is 1. The predicted molar refractivity (Wildman–Crippen MR) is 155 cm³/mol. The summed E-state index contributed by atoms with van der Waals surface area (Å²) in [7, 11) is 0. The van der Waals surface area contributed by atoms with Gasteiger partial charge in [0.1, 0.15) is 17.6 Å². The molecule has 3 N–H and O–H groups in total. The summed E-state index contributed by atoms with van der Waals surface area (Å²) < 4.78 is 5.86. The number of fused-ring (bicyclic) bond motifs is 1. The lowest BCUT2D eigenvalue weighted by atomic mass is 9.92. The molecule has 1 aliphatic heterocycles. The Bertz CT molecular complexity index is 1040. The van der Waals surface area contributed by atoms with Gasteiger partial charge in [0.15, 0.2) is 0 Å². The molecular weight excluding hydrogens is 492 g/mol. The molecule has 2 heterocycles. The summed E-state index contributed by atoms with van der Waals surface area (Å²) in [6, 6.07) is 13.2. The minimum Gasteiger partial charge on any atom is -0.494 e. The summed E-state index contributed by atoms with van der Waals surface area (Å²) in [5.41, 5.74) is 2.22. The molecule has 8 nitrogen and oxygen atoms in total. The van der Waals surface area contributed by atoms with Gasteiger partial charge in [-0.2, -0.15) is 0 Å². The number of nitrogens with zero attached hydrogens (tertiary/aromatic N) is 2. The van der Waals surface area contributed by atoms with Crippen molar-refractivity contribution in [1.29, 1.82) is 0 Å². The highest BCUT2D eigenvalue weighted by molar-refractivity contribution is 5.83. The van der Waals surface area contributed by atoms with Crippen LogP contribution in [0, 0.1) is 5.41 Å². The van der Waals surface area contributed by atoms with Gasteiger partial charge >= 0.3 is 5.97 Å². The number of hydrogen-bond acceptors (Lipinski definition) is 6. The largest absolute Gasteiger partial charge is 0.494 e. The molecule has 1 aromatic heterocycles. The number of hydrogen-bond donors (Lipinski definition) is 3. The van der Waals surface area contributed by atoms with Gasteiger partial charge in [0.25, 0.3) is 0 Å². The molecule has 8 heteroatoms. The molecule has 1 aliphatic rings. The topological polar surface area (TPSA) is 104 Å². The van der Waals surface area contributed by atoms with Gasteiger partial charge in [0, 0.05) is 31.7 Å². The standard InChI is InChI=1S/C31H46N4O4/c1-31(2,3)23-28(36)34-27(30(37)38)17-21-35(20-10-22-39-26-13-5-4-6-14-26)19-8-7-12-25-16-15-24-11-9-18-32-29(24)33-25/h4-6,13-16,27H,7-12,17-23H2,1-3H3,(H,32,33)(H,34,36)(H,37,38). The number of carboxylic acid groups (broad SMARTS) is 1. The maximum absolute atomic E-state index is 12.4. The average Bonchev–Trinajstić information content (AvgIpc) is 2.90. The first-order valence-corrected chi connectivity index (χ1v) is 14.3. The number of carbonyl (C=O) groups is 2. The lowest BCUT2D eigenvalue weighted by molar-refractivity contribution is -0.142. The number of aromatic nitrogens is 1. The van der Waals surface area contributed by atoms with Crippen molar-refractivity contribution in [3.63, 3.8) is 0 Å². The SMILES string of the molecule is CC(C)(C)CC(=O)NC(CCN(CCCCc1ccc2c(n1)NCCC2)CCCOc1ccccc1)C(=O)O. The van der Waals surface area contributed by atoms with Gasteiger partial charge in [-0.15, -0.1) is 0 Å². The van der Waals surface area contributed by atoms with E-state index in [1.807, 2.05) is 51.1 Å². The van der Waals surface area contributed by atoms with Crippen LogP contribution in [0.15, 0.2) is 42.5 Å². The Hall–Kier alpha value is -3.13. The molecule has 0 spiro atoms. The molecule has 3 rings (SSSR count). The summed E-state index contributed by atoms with van der Waals surface area (Å²) in [6.07, 6.45) is 6.65. The van der Waals surface area contributed by atoms with E-state index in [0.717, 1.165) is 75.4 Å². The van der Waals surface area contributed by atoms with E-state index in [1.165, 1.54) is 5.56 Å². The monoisotopic (exact) mass is 538 g/mol. The molecule has 0 fully saturated rings. The lowest BCUT2D eigenvalue weighted by Gasteiger charge is -2.25. The summed E-state index contributed by atoms with van der Waals surface area (Å²) in [4.78, 5) is 31.4. The van der Waals surface area contributed by atoms with Crippen molar-refractivity contribution in [3.05, 3.63) is 53.7 Å². The quantitative estimate of drug-likeness (QED) is 0.260. The second kappa shape index (κ2) is 15.5. The Morgan fingerprint density at radius 2 is 1.85 bits per heavy atom. The highest BCUT2D eigenvalue weighted by Crippen LogP contribution is 2.21. The Kier molecular flexibility index (Phi) is 12.1. The van der Waals surface area contributed by atoms with Crippen molar-refractivity contribution in [2.45, 2.75) is 78.2 Å². The van der Waals surface area contributed by atoms with Crippen molar-refractivity contribution in [3.8, 4) is 5.75 Å². The number of aryl methyl sites for hydroxylation is 2. The first-order valence-electron chi connectivity index (χ1n) is 14.3. The van der Waals surface area contributed by atoms with E-state index in [0.29, 0.717) is 26.0 Å². The van der Waals surface area contributed by atoms with E-state index in [2.05, 4.69) is 27.7 Å². The van der Waals surface area contributed by atoms with Crippen LogP contribution in [0.4, 0.5) is 5.82 Å². The van der Waals surface area contributed by atoms with Crippen LogP contribution in [0.5, 0.6) is 5.75 Å². The third-order valence-corrected chi connectivity index (χ3v) is 6.80. The number of carboxylic acids is 1. The average molecular weight is 539 g/mol. The normalized spacial score (nSPS) is 13.8. The van der Waals surface area contributed by atoms with E-state index < -0.39 is 12.0 Å². The Morgan fingerprint density at radius 3 is 2.59 bits per heavy atom. The first-order chi connectivity index (χ1) is 18.7. The van der Waals surface area contributed by atoms with Crippen LogP contribution in [0.1, 0.15) is 70.6 Å². The van der Waals surface area contributed by atoms with E-state index in [1.54, 1.807) is 0 Å². The number of rotatable bonds is 16. The minimum atomic E-state index is -0.989. The number of para-hydroxylation sites is 1. The zero-order valence-electron chi connectivity index (χ0n) is 23.9. The third-order valence-electron chi connectivity index (χ3n) is 6.80. The van der Waals surface area contributed by atoms with E-state index in [-0.39, 0.29) is 11.3 Å². The summed E-state index contributed by atoms with van der Waals surface area (Å²) in [5, 5.41) is 15.9. The highest BCUT2D eigenvalue weighted by atomic mass is 16.5. The summed E-state index contributed by atoms with van der Waals surface area (Å²) in [5.74, 6) is 0.678. The fraction of sp³-hybridized carbons (Fsp3) is 0.581. The molecule has 0 saturated heterocycles. The second-order valence-electron chi connectivity index (χ2n) is 11.6. The van der Waals surface area contributed by atoms with Gasteiger partial charge in [0.2, 0.25) is 5.91 Å². The Labute approximate surface area is 233 Å². The molecule has 0 radical (unpaired) electrons. The number of pyridine rings is 1. The van der Waals surface area contributed by atoms with Gasteiger partial charge in [-0.1, -0.05) is 45.0 Å². The molecule has 0 aliphatic carbocycles. The second-order valence-corrected chi connectivity index (χ2v) is 11.6. The fourth-order valence-corrected chi connectivity index (χ4v) is 4.78. The minimum absolute atomic E-state index is 0.194. The molecular formula is C31H46N4O4. The Balaban J connectivity index is 1.49. The van der Waals surface area contributed by atoms with Crippen LogP contribution < -0.4 is 15.4 Å². The molecule has 214 valence electrons. The molecule has 0 saturated carbocycles. The van der Waals surface area contributed by atoms with Crippen molar-refractivity contribution in [1.82, 2.24) is 15.2 Å².